The molecule has 0 saturated carbocycles. The van der Waals surface area contributed by atoms with Crippen molar-refractivity contribution in [2.75, 3.05) is 5.32 Å². The number of halogens is 1. The predicted molar refractivity (Wildman–Crippen MR) is 75.6 cm³/mol. The molecule has 0 aliphatic heterocycles. The van der Waals surface area contributed by atoms with E-state index in [0.29, 0.717) is 5.56 Å². The summed E-state index contributed by atoms with van der Waals surface area (Å²) in [5, 5.41) is 5.08. The van der Waals surface area contributed by atoms with E-state index < -0.39 is 0 Å². The van der Waals surface area contributed by atoms with Gasteiger partial charge in [0.1, 0.15) is 0 Å². The second-order valence-corrected chi connectivity index (χ2v) is 4.47. The van der Waals surface area contributed by atoms with E-state index in [-0.39, 0.29) is 11.1 Å². The van der Waals surface area contributed by atoms with Crippen LogP contribution in [-0.2, 0) is 0 Å². The highest BCUT2D eigenvalue weighted by Gasteiger charge is 2.13. The zero-order valence-electron chi connectivity index (χ0n) is 9.89. The average molecular weight is 272 g/mol. The minimum absolute atomic E-state index is 0.0956. The minimum atomic E-state index is -0.283. The number of furan rings is 1. The Balaban J connectivity index is 1.89. The first kappa shape index (κ1) is 11.8. The zero-order valence-corrected chi connectivity index (χ0v) is 10.6. The average Bonchev–Trinajstić information content (AvgIpc) is 2.85. The first-order chi connectivity index (χ1) is 9.24. The van der Waals surface area contributed by atoms with Gasteiger partial charge in [-0.15, -0.1) is 0 Å². The molecule has 0 bridgehead atoms. The van der Waals surface area contributed by atoms with Crippen LogP contribution in [0.5, 0.6) is 0 Å². The van der Waals surface area contributed by atoms with E-state index in [0.717, 1.165) is 16.5 Å². The van der Waals surface area contributed by atoms with Gasteiger partial charge in [0.15, 0.2) is 0 Å². The predicted octanol–water partition coefficient (Wildman–Crippen LogP) is 4.34. The molecule has 94 valence electrons. The van der Waals surface area contributed by atoms with Crippen LogP contribution in [0.2, 0.25) is 5.22 Å². The van der Waals surface area contributed by atoms with Crippen molar-refractivity contribution in [3.63, 3.8) is 0 Å². The lowest BCUT2D eigenvalue weighted by molar-refractivity contribution is 0.102. The number of hydrogen-bond acceptors (Lipinski definition) is 2. The molecule has 0 spiro atoms. The zero-order chi connectivity index (χ0) is 13.2. The number of hydrogen-bond donors (Lipinski definition) is 1. The van der Waals surface area contributed by atoms with Crippen molar-refractivity contribution < 1.29 is 9.21 Å². The van der Waals surface area contributed by atoms with Crippen molar-refractivity contribution in [2.45, 2.75) is 0 Å². The third-order valence-corrected chi connectivity index (χ3v) is 3.16. The summed E-state index contributed by atoms with van der Waals surface area (Å²) < 4.78 is 4.90. The Morgan fingerprint density at radius 2 is 1.84 bits per heavy atom. The lowest BCUT2D eigenvalue weighted by Gasteiger charge is -2.05. The van der Waals surface area contributed by atoms with E-state index >= 15 is 0 Å². The van der Waals surface area contributed by atoms with E-state index in [1.54, 1.807) is 6.07 Å². The van der Waals surface area contributed by atoms with Crippen molar-refractivity contribution in [1.82, 2.24) is 0 Å². The monoisotopic (exact) mass is 271 g/mol. The van der Waals surface area contributed by atoms with Gasteiger partial charge in [-0.2, -0.15) is 0 Å². The molecule has 3 aromatic rings. The first-order valence-electron chi connectivity index (χ1n) is 5.77. The molecule has 2 aromatic carbocycles. The summed E-state index contributed by atoms with van der Waals surface area (Å²) in [6, 6.07) is 15.2. The van der Waals surface area contributed by atoms with Crippen LogP contribution < -0.4 is 5.32 Å². The Morgan fingerprint density at radius 1 is 1.05 bits per heavy atom. The molecule has 0 aliphatic rings. The largest absolute Gasteiger partial charge is 0.452 e. The fraction of sp³-hybridized carbons (Fsp3) is 0. The summed E-state index contributed by atoms with van der Waals surface area (Å²) in [6.07, 6.45) is 1.39. The second-order valence-electron chi connectivity index (χ2n) is 4.12. The number of amides is 1. The molecule has 1 aromatic heterocycles. The Kier molecular flexibility index (Phi) is 2.97. The number of benzene rings is 2. The molecule has 0 radical (unpaired) electrons. The lowest BCUT2D eigenvalue weighted by Crippen LogP contribution is -2.11. The first-order valence-corrected chi connectivity index (χ1v) is 6.15. The third-order valence-electron chi connectivity index (χ3n) is 2.87. The van der Waals surface area contributed by atoms with Gasteiger partial charge in [0.25, 0.3) is 5.91 Å². The Bertz CT molecular complexity index is 748. The topological polar surface area (TPSA) is 42.2 Å². The Labute approximate surface area is 114 Å². The van der Waals surface area contributed by atoms with Gasteiger partial charge in [0.2, 0.25) is 5.22 Å². The van der Waals surface area contributed by atoms with E-state index in [2.05, 4.69) is 5.32 Å². The van der Waals surface area contributed by atoms with E-state index in [9.17, 15) is 4.79 Å². The van der Waals surface area contributed by atoms with E-state index in [1.807, 2.05) is 42.5 Å². The van der Waals surface area contributed by atoms with Crippen molar-refractivity contribution in [3.05, 3.63) is 65.6 Å². The summed E-state index contributed by atoms with van der Waals surface area (Å²) >= 11 is 5.77. The van der Waals surface area contributed by atoms with E-state index in [1.165, 1.54) is 6.26 Å². The molecule has 0 saturated heterocycles. The molecule has 4 heteroatoms. The summed E-state index contributed by atoms with van der Waals surface area (Å²) in [4.78, 5) is 12.0. The molecular weight excluding hydrogens is 262 g/mol. The molecule has 1 amide bonds. The summed E-state index contributed by atoms with van der Waals surface area (Å²) in [5.41, 5.74) is 1.05. The highest BCUT2D eigenvalue weighted by molar-refractivity contribution is 6.32. The molecule has 1 N–H and O–H groups in total. The Morgan fingerprint density at radius 3 is 2.58 bits per heavy atom. The lowest BCUT2D eigenvalue weighted by atomic mass is 10.1. The van der Waals surface area contributed by atoms with Gasteiger partial charge in [-0.25, -0.2) is 0 Å². The molecule has 3 nitrogen and oxygen atoms in total. The van der Waals surface area contributed by atoms with Gasteiger partial charge < -0.3 is 9.73 Å². The van der Waals surface area contributed by atoms with Gasteiger partial charge in [-0.05, 0) is 40.6 Å². The molecular formula is C15H10ClNO2. The van der Waals surface area contributed by atoms with Crippen LogP contribution in [0, 0.1) is 0 Å². The highest BCUT2D eigenvalue weighted by atomic mass is 35.5. The fourth-order valence-electron chi connectivity index (χ4n) is 1.92. The van der Waals surface area contributed by atoms with Crippen molar-refractivity contribution in [1.29, 1.82) is 0 Å². The van der Waals surface area contributed by atoms with Gasteiger partial charge >= 0.3 is 0 Å². The number of carbonyl (C=O) groups excluding carboxylic acids is 1. The van der Waals surface area contributed by atoms with Gasteiger partial charge in [0.05, 0.1) is 11.8 Å². The quantitative estimate of drug-likeness (QED) is 0.753. The van der Waals surface area contributed by atoms with Crippen LogP contribution in [0.25, 0.3) is 10.8 Å². The van der Waals surface area contributed by atoms with Crippen LogP contribution in [0.3, 0.4) is 0 Å². The van der Waals surface area contributed by atoms with Crippen LogP contribution in [0.4, 0.5) is 5.69 Å². The number of rotatable bonds is 2. The maximum atomic E-state index is 12.0. The van der Waals surface area contributed by atoms with E-state index in [4.69, 9.17) is 16.0 Å². The van der Waals surface area contributed by atoms with Gasteiger partial charge in [0, 0.05) is 5.69 Å². The standard InChI is InChI=1S/C15H10ClNO2/c16-14-13(7-8-19-14)15(18)17-12-6-5-10-3-1-2-4-11(10)9-12/h1-9H,(H,17,18). The Hall–Kier alpha value is -2.26. The fourth-order valence-corrected chi connectivity index (χ4v) is 2.12. The maximum Gasteiger partial charge on any atom is 0.260 e. The summed E-state index contributed by atoms with van der Waals surface area (Å²) in [5.74, 6) is -0.283. The van der Waals surface area contributed by atoms with Crippen molar-refractivity contribution >= 4 is 34.0 Å². The molecule has 3 rings (SSSR count). The molecule has 19 heavy (non-hydrogen) atoms. The number of carbonyl (C=O) groups is 1. The minimum Gasteiger partial charge on any atom is -0.452 e. The molecule has 0 aliphatic carbocycles. The normalized spacial score (nSPS) is 10.6. The smallest absolute Gasteiger partial charge is 0.260 e. The van der Waals surface area contributed by atoms with Gasteiger partial charge in [-0.3, -0.25) is 4.79 Å². The summed E-state index contributed by atoms with van der Waals surface area (Å²) in [7, 11) is 0. The maximum absolute atomic E-state index is 12.0. The summed E-state index contributed by atoms with van der Waals surface area (Å²) in [6.45, 7) is 0. The van der Waals surface area contributed by atoms with Crippen LogP contribution in [0.1, 0.15) is 10.4 Å². The second kappa shape index (κ2) is 4.78. The number of nitrogens with one attached hydrogen (secondary N) is 1. The third kappa shape index (κ3) is 2.33. The molecule has 1 heterocycles. The van der Waals surface area contributed by atoms with Crippen LogP contribution >= 0.6 is 11.6 Å². The van der Waals surface area contributed by atoms with Crippen LogP contribution in [-0.4, -0.2) is 5.91 Å². The van der Waals surface area contributed by atoms with Crippen molar-refractivity contribution in [2.24, 2.45) is 0 Å². The molecule has 0 atom stereocenters. The SMILES string of the molecule is O=C(Nc1ccc2ccccc2c1)c1ccoc1Cl. The number of anilines is 1. The van der Waals surface area contributed by atoms with Crippen LogP contribution in [0.15, 0.2) is 59.2 Å². The molecule has 0 unspecified atom stereocenters. The highest BCUT2D eigenvalue weighted by Crippen LogP contribution is 2.21. The number of fused-ring (bicyclic) bond motifs is 1. The van der Waals surface area contributed by atoms with Gasteiger partial charge in [-0.1, -0.05) is 30.3 Å². The molecule has 0 fully saturated rings. The van der Waals surface area contributed by atoms with Crippen molar-refractivity contribution in [3.8, 4) is 0 Å².